The Kier molecular flexibility index (Phi) is 4.92. The maximum absolute atomic E-state index is 11.7. The zero-order chi connectivity index (χ0) is 14.9. The van der Waals surface area contributed by atoms with E-state index in [1.54, 1.807) is 0 Å². The smallest absolute Gasteiger partial charge is 0.173 e. The maximum atomic E-state index is 11.7. The number of rotatable bonds is 4. The molecule has 2 aliphatic rings. The summed E-state index contributed by atoms with van der Waals surface area (Å²) >= 11 is 0. The molecule has 0 aromatic heterocycles. The van der Waals surface area contributed by atoms with Crippen molar-refractivity contribution in [2.24, 2.45) is 11.8 Å². The lowest BCUT2D eigenvalue weighted by Gasteiger charge is -2.46. The second-order valence-corrected chi connectivity index (χ2v) is 8.57. The summed E-state index contributed by atoms with van der Waals surface area (Å²) in [5, 5.41) is 5.06. The summed E-state index contributed by atoms with van der Waals surface area (Å²) in [5.41, 5.74) is 0. The van der Waals surface area contributed by atoms with Crippen molar-refractivity contribution in [1.82, 2.24) is 10.2 Å². The van der Waals surface area contributed by atoms with Gasteiger partial charge >= 0.3 is 0 Å². The lowest BCUT2D eigenvalue weighted by molar-refractivity contribution is 0.0664. The summed E-state index contributed by atoms with van der Waals surface area (Å²) in [6.45, 7) is 10.8. The molecule has 1 N–H and O–H groups in total. The van der Waals surface area contributed by atoms with Gasteiger partial charge in [-0.05, 0) is 11.8 Å². The predicted molar refractivity (Wildman–Crippen MR) is 83.3 cm³/mol. The maximum Gasteiger partial charge on any atom is 0.173 e. The van der Waals surface area contributed by atoms with Crippen LogP contribution in [0, 0.1) is 11.8 Å². The van der Waals surface area contributed by atoms with Crippen LogP contribution >= 0.6 is 0 Å². The van der Waals surface area contributed by atoms with Crippen LogP contribution in [0.4, 0.5) is 0 Å². The highest BCUT2D eigenvalue weighted by Crippen LogP contribution is 2.25. The molecule has 0 aromatic rings. The Morgan fingerprint density at radius 2 is 2.05 bits per heavy atom. The van der Waals surface area contributed by atoms with Gasteiger partial charge in [0, 0.05) is 36.6 Å². The molecular weight excluding hydrogens is 272 g/mol. The Hall–Kier alpha value is -0.390. The van der Waals surface area contributed by atoms with Crippen molar-refractivity contribution in [3.63, 3.8) is 0 Å². The lowest BCUT2D eigenvalue weighted by Crippen LogP contribution is -2.62. The number of hydrogen-bond donors (Lipinski definition) is 1. The Balaban J connectivity index is 2.14. The third-order valence-corrected chi connectivity index (χ3v) is 6.24. The van der Waals surface area contributed by atoms with Crippen LogP contribution in [-0.2, 0) is 9.84 Å². The van der Waals surface area contributed by atoms with Crippen LogP contribution in [0.15, 0.2) is 11.5 Å². The first-order valence-corrected chi connectivity index (χ1v) is 9.45. The van der Waals surface area contributed by atoms with Gasteiger partial charge in [-0.3, -0.25) is 4.90 Å². The van der Waals surface area contributed by atoms with E-state index in [1.807, 2.05) is 6.08 Å². The predicted octanol–water partition coefficient (Wildman–Crippen LogP) is 1.64. The fourth-order valence-electron chi connectivity index (χ4n) is 3.25. The van der Waals surface area contributed by atoms with Crippen molar-refractivity contribution in [2.45, 2.75) is 52.2 Å². The van der Waals surface area contributed by atoms with Crippen molar-refractivity contribution in [3.05, 3.63) is 11.5 Å². The normalized spacial score (nSPS) is 35.5. The van der Waals surface area contributed by atoms with Gasteiger partial charge in [0.1, 0.15) is 0 Å². The molecule has 0 radical (unpaired) electrons. The highest BCUT2D eigenvalue weighted by atomic mass is 32.2. The molecule has 1 saturated heterocycles. The van der Waals surface area contributed by atoms with Gasteiger partial charge in [0.05, 0.1) is 5.75 Å². The van der Waals surface area contributed by atoms with E-state index in [9.17, 15) is 8.42 Å². The van der Waals surface area contributed by atoms with Gasteiger partial charge in [-0.15, -0.1) is 0 Å². The molecule has 0 saturated carbocycles. The monoisotopic (exact) mass is 300 g/mol. The van der Waals surface area contributed by atoms with Crippen LogP contribution in [0.3, 0.4) is 0 Å². The molecule has 0 aromatic carbocycles. The highest BCUT2D eigenvalue weighted by Gasteiger charge is 2.38. The van der Waals surface area contributed by atoms with E-state index in [2.05, 4.69) is 37.9 Å². The molecule has 1 fully saturated rings. The van der Waals surface area contributed by atoms with Crippen LogP contribution in [-0.4, -0.2) is 50.3 Å². The molecular formula is C15H28N2O2S. The fraction of sp³-hybridized carbons (Fsp3) is 0.867. The van der Waals surface area contributed by atoms with Crippen molar-refractivity contribution in [2.75, 3.05) is 18.8 Å². The van der Waals surface area contributed by atoms with Gasteiger partial charge in [0.2, 0.25) is 0 Å². The van der Waals surface area contributed by atoms with Gasteiger partial charge in [-0.2, -0.15) is 0 Å². The van der Waals surface area contributed by atoms with E-state index in [-0.39, 0.29) is 11.8 Å². The van der Waals surface area contributed by atoms with Gasteiger partial charge < -0.3 is 5.32 Å². The Bertz CT molecular complexity index is 458. The standard InChI is InChI=1S/C15H28N2O2S/c1-5-12(4)14-9-17(15(8-16-14)11(2)3)13-6-7-20(18,19)10-13/h6-7,11-16H,5,8-10H2,1-4H3. The SMILES string of the molecule is CCC(C)C1CN(C2C=CS(=O)(=O)C2)C(C(C)C)CN1. The third kappa shape index (κ3) is 3.43. The van der Waals surface area contributed by atoms with Crippen LogP contribution in [0.1, 0.15) is 34.1 Å². The minimum Gasteiger partial charge on any atom is -0.311 e. The molecule has 0 bridgehead atoms. The molecule has 4 nitrogen and oxygen atoms in total. The van der Waals surface area contributed by atoms with Crippen LogP contribution < -0.4 is 5.32 Å². The molecule has 116 valence electrons. The Labute approximate surface area is 123 Å². The van der Waals surface area contributed by atoms with Gasteiger partial charge in [-0.1, -0.05) is 40.2 Å². The molecule has 20 heavy (non-hydrogen) atoms. The zero-order valence-electron chi connectivity index (χ0n) is 13.0. The van der Waals surface area contributed by atoms with Gasteiger partial charge in [-0.25, -0.2) is 8.42 Å². The van der Waals surface area contributed by atoms with Crippen molar-refractivity contribution >= 4 is 9.84 Å². The average Bonchev–Trinajstić information content (AvgIpc) is 2.77. The molecule has 4 unspecified atom stereocenters. The van der Waals surface area contributed by atoms with Crippen molar-refractivity contribution in [3.8, 4) is 0 Å². The van der Waals surface area contributed by atoms with E-state index in [0.29, 0.717) is 23.9 Å². The first-order valence-electron chi connectivity index (χ1n) is 7.74. The number of nitrogens with zero attached hydrogens (tertiary/aromatic N) is 1. The Morgan fingerprint density at radius 1 is 1.35 bits per heavy atom. The third-order valence-electron chi connectivity index (χ3n) is 4.86. The molecule has 0 amide bonds. The topological polar surface area (TPSA) is 49.4 Å². The van der Waals surface area contributed by atoms with E-state index >= 15 is 0 Å². The lowest BCUT2D eigenvalue weighted by atomic mass is 9.91. The van der Waals surface area contributed by atoms with E-state index < -0.39 is 9.84 Å². The second kappa shape index (κ2) is 6.16. The van der Waals surface area contributed by atoms with E-state index in [0.717, 1.165) is 19.5 Å². The second-order valence-electron chi connectivity index (χ2n) is 6.63. The average molecular weight is 300 g/mol. The minimum absolute atomic E-state index is 0.0565. The molecule has 2 rings (SSSR count). The molecule has 0 spiro atoms. The van der Waals surface area contributed by atoms with Crippen molar-refractivity contribution < 1.29 is 8.42 Å². The molecule has 2 heterocycles. The van der Waals surface area contributed by atoms with Crippen LogP contribution in [0.2, 0.25) is 0 Å². The van der Waals surface area contributed by atoms with Crippen LogP contribution in [0.25, 0.3) is 0 Å². The Morgan fingerprint density at radius 3 is 2.55 bits per heavy atom. The summed E-state index contributed by atoms with van der Waals surface area (Å²) in [7, 11) is -2.98. The number of piperazine rings is 1. The molecule has 5 heteroatoms. The number of nitrogens with one attached hydrogen (secondary N) is 1. The first kappa shape index (κ1) is 16.0. The van der Waals surface area contributed by atoms with Crippen LogP contribution in [0.5, 0.6) is 0 Å². The highest BCUT2D eigenvalue weighted by molar-refractivity contribution is 7.94. The largest absolute Gasteiger partial charge is 0.311 e. The quantitative estimate of drug-likeness (QED) is 0.857. The molecule has 4 atom stereocenters. The summed E-state index contributed by atoms with van der Waals surface area (Å²) < 4.78 is 23.4. The zero-order valence-corrected chi connectivity index (χ0v) is 13.9. The van der Waals surface area contributed by atoms with Gasteiger partial charge in [0.25, 0.3) is 0 Å². The summed E-state index contributed by atoms with van der Waals surface area (Å²) in [4.78, 5) is 2.42. The summed E-state index contributed by atoms with van der Waals surface area (Å²) in [6, 6.07) is 0.936. The van der Waals surface area contributed by atoms with E-state index in [4.69, 9.17) is 0 Å². The summed E-state index contributed by atoms with van der Waals surface area (Å²) in [6.07, 6.45) is 3.03. The van der Waals surface area contributed by atoms with E-state index in [1.165, 1.54) is 5.41 Å². The van der Waals surface area contributed by atoms with Crippen molar-refractivity contribution in [1.29, 1.82) is 0 Å². The first-order chi connectivity index (χ1) is 9.34. The molecule has 0 aliphatic carbocycles. The summed E-state index contributed by atoms with van der Waals surface area (Å²) in [5.74, 6) is 1.40. The minimum atomic E-state index is -2.98. The fourth-order valence-corrected chi connectivity index (χ4v) is 4.56. The van der Waals surface area contributed by atoms with Gasteiger partial charge in [0.15, 0.2) is 9.84 Å². The number of sulfone groups is 1. The molecule has 2 aliphatic heterocycles. The number of hydrogen-bond acceptors (Lipinski definition) is 4.